The molecule has 0 fully saturated rings. The number of rotatable bonds is 21. The highest BCUT2D eigenvalue weighted by Gasteiger charge is 2.29. The first kappa shape index (κ1) is 41.8. The molecule has 0 aliphatic carbocycles. The van der Waals surface area contributed by atoms with Crippen LogP contribution in [0, 0.1) is 18.0 Å². The number of carbonyl (C=O) groups is 6. The van der Waals surface area contributed by atoms with Gasteiger partial charge in [0.15, 0.2) is 0 Å². The molecule has 0 heterocycles. The third-order valence-electron chi connectivity index (χ3n) is 6.38. The molecule has 0 saturated heterocycles. The smallest absolute Gasteiger partial charge is 0.407 e. The predicted octanol–water partition coefficient (Wildman–Crippen LogP) is 2.01. The summed E-state index contributed by atoms with van der Waals surface area (Å²) < 4.78 is 22.3. The van der Waals surface area contributed by atoms with Gasteiger partial charge in [0.25, 0.3) is 0 Å². The lowest BCUT2D eigenvalue weighted by Crippen LogP contribution is -2.54. The Hall–Kier alpha value is -4.26. The number of hydrogen-bond acceptors (Lipinski definition) is 10. The van der Waals surface area contributed by atoms with E-state index in [0.29, 0.717) is 17.7 Å². The lowest BCUT2D eigenvalue weighted by Gasteiger charge is -2.25. The second-order valence-corrected chi connectivity index (χ2v) is 14.9. The molecule has 18 heteroatoms. The summed E-state index contributed by atoms with van der Waals surface area (Å²) in [7, 11) is 1.44. The van der Waals surface area contributed by atoms with Gasteiger partial charge in [-0.2, -0.15) is 0 Å². The number of carbonyl (C=O) groups excluding carboxylic acids is 6. The molecule has 0 aliphatic heterocycles. The zero-order chi connectivity index (χ0) is 36.1. The van der Waals surface area contributed by atoms with Crippen molar-refractivity contribution >= 4 is 59.4 Å². The molecule has 0 saturated carbocycles. The second-order valence-electron chi connectivity index (χ2n) is 10.5. The van der Waals surface area contributed by atoms with E-state index in [4.69, 9.17) is 21.4 Å². The Kier molecular flexibility index (Phi) is 19.4. The van der Waals surface area contributed by atoms with Crippen molar-refractivity contribution in [2.24, 2.45) is 11.7 Å². The summed E-state index contributed by atoms with van der Waals surface area (Å²) in [6, 6.07) is 3.74. The van der Waals surface area contributed by atoms with Gasteiger partial charge in [0.1, 0.15) is 18.7 Å². The molecule has 16 nitrogen and oxygen atoms in total. The molecule has 0 bridgehead atoms. The SMILES string of the molecule is C#CP(=O)(OCC)SCCNC(=O)CCC(=O)N[C@H](C(=O)N[C@@H](CCCNC(N)=O)C(=O)Nc1ccc(COC(=O)NC)cc1)C(C)C. The van der Waals surface area contributed by atoms with E-state index >= 15 is 0 Å². The average molecular weight is 712 g/mol. The van der Waals surface area contributed by atoms with E-state index in [1.165, 1.54) is 7.05 Å². The van der Waals surface area contributed by atoms with Crippen LogP contribution in [0.1, 0.15) is 52.0 Å². The molecule has 0 spiro atoms. The molecule has 1 unspecified atom stereocenters. The molecule has 1 aromatic rings. The Bertz CT molecular complexity index is 1340. The molecule has 0 radical (unpaired) electrons. The highest BCUT2D eigenvalue weighted by Crippen LogP contribution is 2.58. The zero-order valence-corrected chi connectivity index (χ0v) is 29.3. The molecule has 266 valence electrons. The van der Waals surface area contributed by atoms with Gasteiger partial charge in [0.2, 0.25) is 23.6 Å². The Morgan fingerprint density at radius 2 is 1.65 bits per heavy atom. The maximum atomic E-state index is 13.3. The number of amides is 7. The fourth-order valence-electron chi connectivity index (χ4n) is 3.92. The lowest BCUT2D eigenvalue weighted by atomic mass is 10.0. The second kappa shape index (κ2) is 22.3. The fraction of sp³-hybridized carbons (Fsp3) is 0.533. The number of terminal acetylenes is 1. The van der Waals surface area contributed by atoms with Crippen molar-refractivity contribution in [2.75, 3.05) is 37.8 Å². The van der Waals surface area contributed by atoms with E-state index < -0.39 is 54.4 Å². The summed E-state index contributed by atoms with van der Waals surface area (Å²) in [4.78, 5) is 73.8. The van der Waals surface area contributed by atoms with Crippen LogP contribution in [0.25, 0.3) is 0 Å². The van der Waals surface area contributed by atoms with Crippen LogP contribution in [0.5, 0.6) is 0 Å². The van der Waals surface area contributed by atoms with Crippen molar-refractivity contribution in [1.82, 2.24) is 26.6 Å². The van der Waals surface area contributed by atoms with E-state index in [0.717, 1.165) is 11.4 Å². The van der Waals surface area contributed by atoms with E-state index in [9.17, 15) is 33.3 Å². The van der Waals surface area contributed by atoms with Gasteiger partial charge in [-0.1, -0.05) is 37.4 Å². The number of primary amides is 1. The number of nitrogens with two attached hydrogens (primary N) is 1. The predicted molar refractivity (Wildman–Crippen MR) is 183 cm³/mol. The largest absolute Gasteiger partial charge is 0.445 e. The Morgan fingerprint density at radius 3 is 2.23 bits per heavy atom. The Morgan fingerprint density at radius 1 is 0.979 bits per heavy atom. The fourth-order valence-corrected chi connectivity index (χ4v) is 6.67. The Labute approximate surface area is 284 Å². The van der Waals surface area contributed by atoms with Crippen LogP contribution in [-0.4, -0.2) is 80.3 Å². The first-order valence-electron chi connectivity index (χ1n) is 15.2. The van der Waals surface area contributed by atoms with Crippen LogP contribution in [0.4, 0.5) is 15.3 Å². The van der Waals surface area contributed by atoms with Gasteiger partial charge < -0.3 is 46.9 Å². The monoisotopic (exact) mass is 711 g/mol. The van der Waals surface area contributed by atoms with Gasteiger partial charge in [-0.15, -0.1) is 6.42 Å². The molecule has 0 aliphatic rings. The minimum absolute atomic E-state index is 0.0256. The standard InChI is InChI=1S/C30H46N7O9PS/c1-6-46-47(44,7-2)48-18-17-33-24(38)14-15-25(39)37-26(20(3)4)28(41)36-23(9-8-16-34-29(31)42)27(40)35-22-12-10-21(11-13-22)19-45-30(43)32-5/h2,10-13,20,23,26H,6,8-9,14-19H2,1,3-5H3,(H,32,43)(H,33,38)(H,35,40)(H,36,41)(H,37,39)(H3,31,34,42)/t23-,26-,47?/m0/s1. The molecule has 1 aromatic carbocycles. The van der Waals surface area contributed by atoms with Crippen LogP contribution in [-0.2, 0) is 39.6 Å². The minimum Gasteiger partial charge on any atom is -0.445 e. The number of benzene rings is 1. The van der Waals surface area contributed by atoms with E-state index in [2.05, 4.69) is 37.6 Å². The van der Waals surface area contributed by atoms with Crippen molar-refractivity contribution in [3.8, 4) is 12.1 Å². The van der Waals surface area contributed by atoms with Crippen molar-refractivity contribution in [3.05, 3.63) is 29.8 Å². The van der Waals surface area contributed by atoms with Crippen molar-refractivity contribution in [3.63, 3.8) is 0 Å². The number of nitrogens with one attached hydrogen (secondary N) is 6. The molecule has 7 amide bonds. The number of urea groups is 1. The number of hydrogen-bond donors (Lipinski definition) is 7. The van der Waals surface area contributed by atoms with Gasteiger partial charge >= 0.3 is 18.7 Å². The lowest BCUT2D eigenvalue weighted by molar-refractivity contribution is -0.132. The summed E-state index contributed by atoms with van der Waals surface area (Å²) in [5.74, 6) is -2.24. The third-order valence-corrected chi connectivity index (χ3v) is 10.2. The van der Waals surface area contributed by atoms with Gasteiger partial charge in [-0.3, -0.25) is 23.7 Å². The van der Waals surface area contributed by atoms with Crippen LogP contribution in [0.2, 0.25) is 0 Å². The molecular weight excluding hydrogens is 665 g/mol. The maximum absolute atomic E-state index is 13.3. The van der Waals surface area contributed by atoms with Crippen LogP contribution in [0.3, 0.4) is 0 Å². The summed E-state index contributed by atoms with van der Waals surface area (Å²) in [5.41, 5.74) is 8.36. The number of anilines is 1. The molecule has 0 aromatic heterocycles. The highest BCUT2D eigenvalue weighted by atomic mass is 32.7. The summed E-state index contributed by atoms with van der Waals surface area (Å²) in [5, 5.41) is 15.4. The van der Waals surface area contributed by atoms with E-state index in [1.54, 1.807) is 45.0 Å². The first-order valence-corrected chi connectivity index (χ1v) is 18.5. The average Bonchev–Trinajstić information content (AvgIpc) is 3.05. The van der Waals surface area contributed by atoms with E-state index in [1.807, 2.05) is 0 Å². The van der Waals surface area contributed by atoms with Crippen LogP contribution < -0.4 is 37.6 Å². The number of ether oxygens (including phenoxy) is 1. The molecule has 48 heavy (non-hydrogen) atoms. The Balaban J connectivity index is 2.78. The summed E-state index contributed by atoms with van der Waals surface area (Å²) >= 11 is 0.937. The number of alkyl carbamates (subject to hydrolysis) is 1. The minimum atomic E-state index is -3.25. The van der Waals surface area contributed by atoms with Crippen LogP contribution in [0.15, 0.2) is 24.3 Å². The van der Waals surface area contributed by atoms with E-state index in [-0.39, 0.29) is 57.2 Å². The molecule has 8 N–H and O–H groups in total. The summed E-state index contributed by atoms with van der Waals surface area (Å²) in [6.45, 7) is 2.40. The first-order chi connectivity index (χ1) is 22.7. The molecular formula is C30H46N7O9PS. The zero-order valence-electron chi connectivity index (χ0n) is 27.6. The van der Waals surface area contributed by atoms with Gasteiger partial charge in [-0.05, 0) is 49.0 Å². The third kappa shape index (κ3) is 17.1. The highest BCUT2D eigenvalue weighted by molar-refractivity contribution is 8.58. The van der Waals surface area contributed by atoms with Gasteiger partial charge in [-0.25, -0.2) is 9.59 Å². The van der Waals surface area contributed by atoms with Gasteiger partial charge in [0.05, 0.1) is 6.61 Å². The molecule has 1 rings (SSSR count). The maximum Gasteiger partial charge on any atom is 0.407 e. The van der Waals surface area contributed by atoms with Gasteiger partial charge in [0, 0.05) is 44.4 Å². The summed E-state index contributed by atoms with van der Waals surface area (Å²) in [6.07, 6.45) is 4.75. The molecule has 3 atom stereocenters. The normalized spacial score (nSPS) is 13.1. The van der Waals surface area contributed by atoms with Crippen molar-refractivity contribution in [1.29, 1.82) is 0 Å². The van der Waals surface area contributed by atoms with Crippen LogP contribution >= 0.6 is 18.0 Å². The van der Waals surface area contributed by atoms with Crippen molar-refractivity contribution < 1.29 is 42.6 Å². The van der Waals surface area contributed by atoms with Crippen molar-refractivity contribution in [2.45, 2.75) is 65.1 Å². The quantitative estimate of drug-likeness (QED) is 0.0556. The topological polar surface area (TPSA) is 236 Å².